The molecule has 0 saturated carbocycles. The standard InChI is InChI=1S/C27H37N3O6/c1-6-18(2)23(29-26(33)35-17-20-10-8-7-9-11-20)25(32)28-22(24(31)30-34)16-19-12-14-21(15-13-19)36-27(3,4)5/h7-15,18,22-23,34H,6,16-17H2,1-5H3,(H,28,32)(H,29,33)(H,30,31)/t18-,22?,23-/m1/s1. The zero-order valence-corrected chi connectivity index (χ0v) is 21.5. The van der Waals surface area contributed by atoms with Gasteiger partial charge in [-0.25, -0.2) is 10.3 Å². The van der Waals surface area contributed by atoms with Crippen LogP contribution >= 0.6 is 0 Å². The molecule has 0 bridgehead atoms. The van der Waals surface area contributed by atoms with E-state index < -0.39 is 30.0 Å². The van der Waals surface area contributed by atoms with E-state index in [1.54, 1.807) is 29.7 Å². The highest BCUT2D eigenvalue weighted by atomic mass is 16.5. The van der Waals surface area contributed by atoms with Gasteiger partial charge in [-0.3, -0.25) is 14.8 Å². The fourth-order valence-corrected chi connectivity index (χ4v) is 3.43. The first-order valence-electron chi connectivity index (χ1n) is 12.0. The van der Waals surface area contributed by atoms with Crippen molar-refractivity contribution in [2.45, 2.75) is 71.8 Å². The molecule has 9 nitrogen and oxygen atoms in total. The lowest BCUT2D eigenvalue weighted by Gasteiger charge is -2.26. The Kier molecular flexibility index (Phi) is 10.7. The van der Waals surface area contributed by atoms with E-state index >= 15 is 0 Å². The van der Waals surface area contributed by atoms with E-state index in [-0.39, 0.29) is 24.5 Å². The number of hydrogen-bond acceptors (Lipinski definition) is 6. The van der Waals surface area contributed by atoms with Crippen LogP contribution in [0.25, 0.3) is 0 Å². The lowest BCUT2D eigenvalue weighted by Crippen LogP contribution is -2.56. The minimum Gasteiger partial charge on any atom is -0.488 e. The van der Waals surface area contributed by atoms with E-state index in [4.69, 9.17) is 9.47 Å². The highest BCUT2D eigenvalue weighted by molar-refractivity contribution is 5.91. The molecule has 0 aliphatic rings. The molecule has 2 aromatic rings. The Morgan fingerprint density at radius 3 is 2.11 bits per heavy atom. The van der Waals surface area contributed by atoms with E-state index in [2.05, 4.69) is 10.6 Å². The molecule has 196 valence electrons. The number of hydroxylamine groups is 1. The van der Waals surface area contributed by atoms with Gasteiger partial charge in [0, 0.05) is 6.42 Å². The average molecular weight is 500 g/mol. The van der Waals surface area contributed by atoms with Gasteiger partial charge in [0.05, 0.1) is 0 Å². The lowest BCUT2D eigenvalue weighted by atomic mass is 9.97. The van der Waals surface area contributed by atoms with Crippen LogP contribution in [0.1, 0.15) is 52.2 Å². The Balaban J connectivity index is 2.06. The van der Waals surface area contributed by atoms with Crippen LogP contribution in [-0.2, 0) is 27.4 Å². The zero-order chi connectivity index (χ0) is 26.7. The summed E-state index contributed by atoms with van der Waals surface area (Å²) in [6, 6.07) is 14.3. The molecule has 0 heterocycles. The van der Waals surface area contributed by atoms with Gasteiger partial charge in [-0.1, -0.05) is 62.7 Å². The molecule has 2 aromatic carbocycles. The fourth-order valence-electron chi connectivity index (χ4n) is 3.43. The van der Waals surface area contributed by atoms with Crippen LogP contribution < -0.4 is 20.9 Å². The summed E-state index contributed by atoms with van der Waals surface area (Å²) in [5.74, 6) is -0.885. The summed E-state index contributed by atoms with van der Waals surface area (Å²) in [5, 5.41) is 14.5. The summed E-state index contributed by atoms with van der Waals surface area (Å²) in [6.45, 7) is 9.59. The summed E-state index contributed by atoms with van der Waals surface area (Å²) >= 11 is 0. The molecule has 0 aliphatic heterocycles. The number of amides is 3. The Bertz CT molecular complexity index is 989. The molecule has 0 spiro atoms. The topological polar surface area (TPSA) is 126 Å². The van der Waals surface area contributed by atoms with Crippen LogP contribution in [0.5, 0.6) is 5.75 Å². The van der Waals surface area contributed by atoms with Gasteiger partial charge in [0.25, 0.3) is 5.91 Å². The number of benzene rings is 2. The van der Waals surface area contributed by atoms with Crippen LogP contribution in [0.4, 0.5) is 4.79 Å². The van der Waals surface area contributed by atoms with Crippen molar-refractivity contribution in [3.8, 4) is 5.75 Å². The summed E-state index contributed by atoms with van der Waals surface area (Å²) in [5.41, 5.74) is 2.82. The third kappa shape index (κ3) is 9.58. The van der Waals surface area contributed by atoms with Gasteiger partial charge in [0.15, 0.2) is 0 Å². The summed E-state index contributed by atoms with van der Waals surface area (Å²) in [6.07, 6.45) is -0.0140. The Morgan fingerprint density at radius 1 is 0.917 bits per heavy atom. The molecule has 2 rings (SSSR count). The number of rotatable bonds is 11. The van der Waals surface area contributed by atoms with Crippen molar-refractivity contribution in [3.05, 3.63) is 65.7 Å². The van der Waals surface area contributed by atoms with E-state index in [1.165, 1.54) is 0 Å². The number of carbonyl (C=O) groups excluding carboxylic acids is 3. The van der Waals surface area contributed by atoms with Crippen molar-refractivity contribution < 1.29 is 29.1 Å². The maximum Gasteiger partial charge on any atom is 0.408 e. The normalized spacial score (nSPS) is 13.6. The molecule has 0 radical (unpaired) electrons. The number of ether oxygens (including phenoxy) is 2. The molecule has 3 atom stereocenters. The van der Waals surface area contributed by atoms with Crippen molar-refractivity contribution in [2.75, 3.05) is 0 Å². The van der Waals surface area contributed by atoms with Crippen molar-refractivity contribution in [1.29, 1.82) is 0 Å². The van der Waals surface area contributed by atoms with E-state index in [9.17, 15) is 19.6 Å². The van der Waals surface area contributed by atoms with Crippen LogP contribution in [-0.4, -0.2) is 40.8 Å². The molecule has 0 aromatic heterocycles. The number of hydrogen-bond donors (Lipinski definition) is 4. The maximum absolute atomic E-state index is 13.1. The Labute approximate surface area is 212 Å². The predicted molar refractivity (Wildman–Crippen MR) is 135 cm³/mol. The molecule has 3 amide bonds. The molecule has 4 N–H and O–H groups in total. The quantitative estimate of drug-likeness (QED) is 0.276. The van der Waals surface area contributed by atoms with Crippen LogP contribution in [0.2, 0.25) is 0 Å². The first-order valence-corrected chi connectivity index (χ1v) is 12.0. The van der Waals surface area contributed by atoms with E-state index in [0.29, 0.717) is 12.2 Å². The monoisotopic (exact) mass is 499 g/mol. The largest absolute Gasteiger partial charge is 0.488 e. The second-order valence-corrected chi connectivity index (χ2v) is 9.67. The SMILES string of the molecule is CC[C@@H](C)[C@@H](NC(=O)OCc1ccccc1)C(=O)NC(Cc1ccc(OC(C)(C)C)cc1)C(=O)NO. The van der Waals surface area contributed by atoms with Crippen molar-refractivity contribution in [2.24, 2.45) is 5.92 Å². The predicted octanol–water partition coefficient (Wildman–Crippen LogP) is 3.74. The molecular formula is C27H37N3O6. The second kappa shape index (κ2) is 13.5. The smallest absolute Gasteiger partial charge is 0.408 e. The minimum atomic E-state index is -1.06. The highest BCUT2D eigenvalue weighted by Crippen LogP contribution is 2.19. The van der Waals surface area contributed by atoms with Gasteiger partial charge in [-0.05, 0) is 49.9 Å². The van der Waals surface area contributed by atoms with Crippen molar-refractivity contribution >= 4 is 17.9 Å². The summed E-state index contributed by atoms with van der Waals surface area (Å²) in [4.78, 5) is 37.9. The van der Waals surface area contributed by atoms with Gasteiger partial charge < -0.3 is 20.1 Å². The van der Waals surface area contributed by atoms with Crippen LogP contribution in [0, 0.1) is 5.92 Å². The third-order valence-electron chi connectivity index (χ3n) is 5.51. The second-order valence-electron chi connectivity index (χ2n) is 9.67. The lowest BCUT2D eigenvalue weighted by molar-refractivity contribution is -0.135. The fraction of sp³-hybridized carbons (Fsp3) is 0.444. The van der Waals surface area contributed by atoms with Crippen molar-refractivity contribution in [1.82, 2.24) is 16.1 Å². The number of alkyl carbamates (subject to hydrolysis) is 1. The van der Waals surface area contributed by atoms with Crippen molar-refractivity contribution in [3.63, 3.8) is 0 Å². The zero-order valence-electron chi connectivity index (χ0n) is 21.5. The molecule has 0 saturated heterocycles. The summed E-state index contributed by atoms with van der Waals surface area (Å²) < 4.78 is 11.1. The Morgan fingerprint density at radius 2 is 1.56 bits per heavy atom. The van der Waals surface area contributed by atoms with E-state index in [0.717, 1.165) is 11.1 Å². The number of carbonyl (C=O) groups is 3. The Hall–Kier alpha value is -3.59. The van der Waals surface area contributed by atoms with Gasteiger partial charge in [-0.15, -0.1) is 0 Å². The molecule has 36 heavy (non-hydrogen) atoms. The van der Waals surface area contributed by atoms with Gasteiger partial charge in [0.1, 0.15) is 30.0 Å². The minimum absolute atomic E-state index is 0.0615. The molecule has 9 heteroatoms. The van der Waals surface area contributed by atoms with Gasteiger partial charge in [-0.2, -0.15) is 0 Å². The highest BCUT2D eigenvalue weighted by Gasteiger charge is 2.30. The first kappa shape index (κ1) is 28.6. The van der Waals surface area contributed by atoms with Crippen LogP contribution in [0.3, 0.4) is 0 Å². The third-order valence-corrected chi connectivity index (χ3v) is 5.51. The average Bonchev–Trinajstić information content (AvgIpc) is 2.85. The van der Waals surface area contributed by atoms with E-state index in [1.807, 2.05) is 65.0 Å². The molecule has 1 unspecified atom stereocenters. The molecule has 0 fully saturated rings. The molecular weight excluding hydrogens is 462 g/mol. The summed E-state index contributed by atoms with van der Waals surface area (Å²) in [7, 11) is 0. The first-order chi connectivity index (χ1) is 17.0. The van der Waals surface area contributed by atoms with Gasteiger partial charge in [0.2, 0.25) is 5.91 Å². The van der Waals surface area contributed by atoms with Gasteiger partial charge >= 0.3 is 6.09 Å². The maximum atomic E-state index is 13.1. The number of nitrogens with one attached hydrogen (secondary N) is 3. The van der Waals surface area contributed by atoms with Crippen LogP contribution in [0.15, 0.2) is 54.6 Å². The molecule has 0 aliphatic carbocycles.